The van der Waals surface area contributed by atoms with Crippen LogP contribution in [-0.2, 0) is 4.79 Å². The lowest BCUT2D eigenvalue weighted by molar-refractivity contribution is -0.384. The molecule has 1 aliphatic rings. The summed E-state index contributed by atoms with van der Waals surface area (Å²) in [4.78, 5) is 27.2. The minimum atomic E-state index is -0.427. The van der Waals surface area contributed by atoms with E-state index in [-0.39, 0.29) is 11.6 Å². The fourth-order valence-electron chi connectivity index (χ4n) is 3.44. The quantitative estimate of drug-likeness (QED) is 0.543. The van der Waals surface area contributed by atoms with Crippen molar-refractivity contribution in [1.29, 1.82) is 0 Å². The summed E-state index contributed by atoms with van der Waals surface area (Å²) in [6.07, 6.45) is 0.293. The van der Waals surface area contributed by atoms with Crippen molar-refractivity contribution in [3.8, 4) is 5.75 Å². The topological polar surface area (TPSA) is 88.0 Å². The first-order valence-corrected chi connectivity index (χ1v) is 9.82. The molecule has 1 fully saturated rings. The van der Waals surface area contributed by atoms with Gasteiger partial charge in [-0.3, -0.25) is 14.9 Å². The molecule has 0 spiro atoms. The Morgan fingerprint density at radius 3 is 2.52 bits per heavy atom. The van der Waals surface area contributed by atoms with Crippen LogP contribution in [0.5, 0.6) is 5.75 Å². The Labute approximate surface area is 170 Å². The van der Waals surface area contributed by atoms with Gasteiger partial charge in [-0.25, -0.2) is 0 Å². The van der Waals surface area contributed by atoms with E-state index in [0.29, 0.717) is 38.3 Å². The third-order valence-electron chi connectivity index (χ3n) is 4.89. The molecule has 0 saturated carbocycles. The molecule has 0 aromatic heterocycles. The number of nitro benzene ring substituents is 1. The maximum atomic E-state index is 12.5. The smallest absolute Gasteiger partial charge is 0.292 e. The number of para-hydroxylation sites is 4. The van der Waals surface area contributed by atoms with Crippen LogP contribution in [0.25, 0.3) is 0 Å². The number of rotatable bonds is 8. The van der Waals surface area contributed by atoms with Crippen molar-refractivity contribution >= 4 is 23.0 Å². The van der Waals surface area contributed by atoms with E-state index in [1.165, 1.54) is 6.07 Å². The van der Waals surface area contributed by atoms with E-state index < -0.39 is 4.92 Å². The molecular weight excluding hydrogens is 372 g/mol. The largest absolute Gasteiger partial charge is 0.492 e. The van der Waals surface area contributed by atoms with E-state index in [0.717, 1.165) is 24.5 Å². The van der Waals surface area contributed by atoms with Crippen molar-refractivity contribution in [1.82, 2.24) is 4.90 Å². The molecular formula is C21H26N4O4. The van der Waals surface area contributed by atoms with Crippen LogP contribution in [-0.4, -0.2) is 55.1 Å². The van der Waals surface area contributed by atoms with Crippen LogP contribution >= 0.6 is 0 Å². The minimum Gasteiger partial charge on any atom is -0.492 e. The highest BCUT2D eigenvalue weighted by Gasteiger charge is 2.23. The van der Waals surface area contributed by atoms with Gasteiger partial charge in [-0.1, -0.05) is 24.3 Å². The minimum absolute atomic E-state index is 0.0153. The number of carbonyl (C=O) groups is 1. The fourth-order valence-corrected chi connectivity index (χ4v) is 3.44. The Hall–Kier alpha value is -3.29. The van der Waals surface area contributed by atoms with Crippen LogP contribution in [0.4, 0.5) is 17.1 Å². The second kappa shape index (κ2) is 9.77. The maximum absolute atomic E-state index is 12.5. The first kappa shape index (κ1) is 20.4. The number of hydrogen-bond acceptors (Lipinski definition) is 6. The molecule has 0 bridgehead atoms. The molecule has 1 amide bonds. The van der Waals surface area contributed by atoms with Gasteiger partial charge in [0.15, 0.2) is 0 Å². The molecule has 0 radical (unpaired) electrons. The van der Waals surface area contributed by atoms with Gasteiger partial charge in [-0.15, -0.1) is 0 Å². The number of nitrogens with one attached hydrogen (secondary N) is 1. The van der Waals surface area contributed by atoms with Gasteiger partial charge in [-0.2, -0.15) is 0 Å². The zero-order valence-corrected chi connectivity index (χ0v) is 16.5. The highest BCUT2D eigenvalue weighted by molar-refractivity contribution is 5.77. The fraction of sp³-hybridized carbons (Fsp3) is 0.381. The Balaban J connectivity index is 1.49. The van der Waals surface area contributed by atoms with Gasteiger partial charge in [0.1, 0.15) is 11.4 Å². The van der Waals surface area contributed by atoms with Crippen LogP contribution in [0.1, 0.15) is 13.3 Å². The van der Waals surface area contributed by atoms with Crippen molar-refractivity contribution in [2.45, 2.75) is 13.3 Å². The lowest BCUT2D eigenvalue weighted by Crippen LogP contribution is -2.49. The normalized spacial score (nSPS) is 13.8. The van der Waals surface area contributed by atoms with E-state index in [2.05, 4.69) is 10.2 Å². The number of hydrogen-bond donors (Lipinski definition) is 1. The molecule has 3 rings (SSSR count). The van der Waals surface area contributed by atoms with Crippen LogP contribution in [0, 0.1) is 10.1 Å². The molecule has 8 heteroatoms. The van der Waals surface area contributed by atoms with E-state index in [4.69, 9.17) is 4.74 Å². The average Bonchev–Trinajstić information content (AvgIpc) is 2.75. The van der Waals surface area contributed by atoms with Gasteiger partial charge in [0.2, 0.25) is 5.91 Å². The highest BCUT2D eigenvalue weighted by Crippen LogP contribution is 2.29. The molecule has 1 heterocycles. The molecule has 2 aromatic rings. The summed E-state index contributed by atoms with van der Waals surface area (Å²) >= 11 is 0. The van der Waals surface area contributed by atoms with Crippen molar-refractivity contribution in [3.05, 3.63) is 58.6 Å². The molecule has 0 unspecified atom stereocenters. The molecule has 29 heavy (non-hydrogen) atoms. The molecule has 1 N–H and O–H groups in total. The summed E-state index contributed by atoms with van der Waals surface area (Å²) in [5, 5.41) is 14.1. The molecule has 0 aliphatic carbocycles. The molecule has 2 aromatic carbocycles. The van der Waals surface area contributed by atoms with Crippen molar-refractivity contribution in [2.24, 2.45) is 0 Å². The summed E-state index contributed by atoms with van der Waals surface area (Å²) < 4.78 is 5.71. The number of nitrogens with zero attached hydrogens (tertiary/aromatic N) is 3. The number of anilines is 2. The van der Waals surface area contributed by atoms with Crippen LogP contribution < -0.4 is 15.0 Å². The Kier molecular flexibility index (Phi) is 6.89. The first-order valence-electron chi connectivity index (χ1n) is 9.82. The average molecular weight is 398 g/mol. The summed E-state index contributed by atoms with van der Waals surface area (Å²) in [6, 6.07) is 14.4. The zero-order valence-electron chi connectivity index (χ0n) is 16.5. The van der Waals surface area contributed by atoms with Crippen molar-refractivity contribution in [2.75, 3.05) is 49.5 Å². The Morgan fingerprint density at radius 1 is 1.10 bits per heavy atom. The standard InChI is InChI=1S/C21H26N4O4/c1-2-29-20-10-6-5-9-19(20)23-13-15-24(16-14-23)21(26)11-12-22-17-7-3-4-8-18(17)25(27)28/h3-10,22H,2,11-16H2,1H3. The van der Waals surface area contributed by atoms with E-state index in [1.807, 2.05) is 36.1 Å². The second-order valence-electron chi connectivity index (χ2n) is 6.72. The predicted octanol–water partition coefficient (Wildman–Crippen LogP) is 3.14. The van der Waals surface area contributed by atoms with Crippen LogP contribution in [0.2, 0.25) is 0 Å². The summed E-state index contributed by atoms with van der Waals surface area (Å²) in [5.74, 6) is 0.914. The Morgan fingerprint density at radius 2 is 1.79 bits per heavy atom. The number of ether oxygens (including phenoxy) is 1. The van der Waals surface area contributed by atoms with Crippen molar-refractivity contribution < 1.29 is 14.5 Å². The summed E-state index contributed by atoms with van der Waals surface area (Å²) in [7, 11) is 0. The maximum Gasteiger partial charge on any atom is 0.292 e. The lowest BCUT2D eigenvalue weighted by Gasteiger charge is -2.36. The van der Waals surface area contributed by atoms with Gasteiger partial charge in [0, 0.05) is 45.2 Å². The summed E-state index contributed by atoms with van der Waals surface area (Å²) in [6.45, 7) is 5.71. The molecule has 0 atom stereocenters. The zero-order chi connectivity index (χ0) is 20.6. The van der Waals surface area contributed by atoms with E-state index in [9.17, 15) is 14.9 Å². The van der Waals surface area contributed by atoms with Crippen LogP contribution in [0.3, 0.4) is 0 Å². The molecule has 154 valence electrons. The van der Waals surface area contributed by atoms with Gasteiger partial charge in [-0.05, 0) is 25.1 Å². The van der Waals surface area contributed by atoms with Gasteiger partial charge >= 0.3 is 0 Å². The molecule has 1 saturated heterocycles. The molecule has 1 aliphatic heterocycles. The van der Waals surface area contributed by atoms with E-state index in [1.54, 1.807) is 18.2 Å². The molecule has 8 nitrogen and oxygen atoms in total. The third kappa shape index (κ3) is 5.16. The van der Waals surface area contributed by atoms with E-state index >= 15 is 0 Å². The van der Waals surface area contributed by atoms with Gasteiger partial charge in [0.25, 0.3) is 5.69 Å². The number of piperazine rings is 1. The van der Waals surface area contributed by atoms with Crippen LogP contribution in [0.15, 0.2) is 48.5 Å². The Bertz CT molecular complexity index is 850. The highest BCUT2D eigenvalue weighted by atomic mass is 16.6. The van der Waals surface area contributed by atoms with Crippen molar-refractivity contribution in [3.63, 3.8) is 0 Å². The number of amides is 1. The third-order valence-corrected chi connectivity index (χ3v) is 4.89. The number of nitro groups is 1. The summed E-state index contributed by atoms with van der Waals surface area (Å²) in [5.41, 5.74) is 1.50. The number of carbonyl (C=O) groups excluding carboxylic acids is 1. The second-order valence-corrected chi connectivity index (χ2v) is 6.72. The monoisotopic (exact) mass is 398 g/mol. The van der Waals surface area contributed by atoms with Gasteiger partial charge < -0.3 is 19.9 Å². The number of benzene rings is 2. The van der Waals surface area contributed by atoms with Gasteiger partial charge in [0.05, 0.1) is 17.2 Å². The first-order chi connectivity index (χ1) is 14.1. The predicted molar refractivity (Wildman–Crippen MR) is 113 cm³/mol. The SMILES string of the molecule is CCOc1ccccc1N1CCN(C(=O)CCNc2ccccc2[N+](=O)[O-])CC1. The lowest BCUT2D eigenvalue weighted by atomic mass is 10.2.